The summed E-state index contributed by atoms with van der Waals surface area (Å²) in [5.74, 6) is 0. The third-order valence-corrected chi connectivity index (χ3v) is 9.58. The molecule has 0 fully saturated rings. The van der Waals surface area contributed by atoms with Crippen LogP contribution in [0.25, 0.3) is 0 Å². The number of aldehydes is 1. The van der Waals surface area contributed by atoms with Crippen molar-refractivity contribution in [3.63, 3.8) is 0 Å². The van der Waals surface area contributed by atoms with Crippen LogP contribution in [0.2, 0.25) is 18.1 Å². The lowest BCUT2D eigenvalue weighted by atomic mass is 9.79. The number of carbonyl (C=O) groups excluding carboxylic acids is 1. The van der Waals surface area contributed by atoms with E-state index in [0.29, 0.717) is 6.42 Å². The predicted molar refractivity (Wildman–Crippen MR) is 98.1 cm³/mol. The van der Waals surface area contributed by atoms with E-state index in [9.17, 15) is 4.79 Å². The maximum atomic E-state index is 11.3. The molecule has 0 aromatic carbocycles. The van der Waals surface area contributed by atoms with E-state index in [1.165, 1.54) is 0 Å². The van der Waals surface area contributed by atoms with E-state index in [0.717, 1.165) is 24.4 Å². The maximum absolute atomic E-state index is 11.3. The van der Waals surface area contributed by atoms with Crippen LogP contribution in [0.5, 0.6) is 0 Å². The molecule has 0 heterocycles. The molecule has 4 nitrogen and oxygen atoms in total. The fraction of sp³-hybridized carbons (Fsp3) is 0.833. The first-order valence-corrected chi connectivity index (χ1v) is 11.2. The number of carbonyl (C=O) groups is 1. The highest BCUT2D eigenvalue weighted by atomic mass is 28.4. The molecule has 136 valence electrons. The average molecular weight is 345 g/mol. The molecule has 0 aliphatic carbocycles. The smallest absolute Gasteiger partial charge is 0.192 e. The second kappa shape index (κ2) is 11.1. The molecule has 0 aromatic rings. The number of rotatable bonds is 13. The minimum atomic E-state index is -1.80. The van der Waals surface area contributed by atoms with E-state index in [-0.39, 0.29) is 24.4 Å². The van der Waals surface area contributed by atoms with Crippen molar-refractivity contribution >= 4 is 14.6 Å². The Morgan fingerprint density at radius 3 is 2.09 bits per heavy atom. The lowest BCUT2D eigenvalue weighted by molar-refractivity contribution is -0.125. The van der Waals surface area contributed by atoms with E-state index in [1.807, 2.05) is 19.1 Å². The fourth-order valence-corrected chi connectivity index (χ4v) is 5.91. The topological polar surface area (TPSA) is 44.8 Å². The van der Waals surface area contributed by atoms with Crippen molar-refractivity contribution in [2.24, 2.45) is 5.41 Å². The standard InChI is InChI=1S/C18H36O4Si/c1-8-12-16(21-15-20-7)18(5,6)17(13-14-19)22-23(9-2,10-3)11-4/h8,12,14,16-17H,9-11,13,15H2,1-7H3/b12-8+/t16-,17-/m0/s1. The highest BCUT2D eigenvalue weighted by Gasteiger charge is 2.42. The van der Waals surface area contributed by atoms with Crippen LogP contribution < -0.4 is 0 Å². The second-order valence-corrected chi connectivity index (χ2v) is 11.3. The molecule has 23 heavy (non-hydrogen) atoms. The predicted octanol–water partition coefficient (Wildman–Crippen LogP) is 4.56. The molecule has 0 aliphatic rings. The molecule has 0 saturated carbocycles. The molecule has 0 rings (SSSR count). The molecule has 0 spiro atoms. The monoisotopic (exact) mass is 344 g/mol. The van der Waals surface area contributed by atoms with Gasteiger partial charge >= 0.3 is 0 Å². The van der Waals surface area contributed by atoms with Crippen molar-refractivity contribution in [3.05, 3.63) is 12.2 Å². The molecule has 0 saturated heterocycles. The van der Waals surface area contributed by atoms with E-state index in [1.54, 1.807) is 7.11 Å². The largest absolute Gasteiger partial charge is 0.413 e. The molecule has 0 amide bonds. The van der Waals surface area contributed by atoms with Gasteiger partial charge in [-0.1, -0.05) is 46.8 Å². The fourth-order valence-electron chi connectivity index (χ4n) is 2.91. The van der Waals surface area contributed by atoms with Crippen molar-refractivity contribution in [1.29, 1.82) is 0 Å². The SMILES string of the molecule is C/C=C/[C@H](OCOC)C(C)(C)[C@H](CC=O)O[Si](CC)(CC)CC. The van der Waals surface area contributed by atoms with Gasteiger partial charge in [-0.25, -0.2) is 0 Å². The molecular weight excluding hydrogens is 308 g/mol. The lowest BCUT2D eigenvalue weighted by Crippen LogP contribution is -2.49. The van der Waals surface area contributed by atoms with Gasteiger partial charge in [-0.3, -0.25) is 0 Å². The van der Waals surface area contributed by atoms with Crippen molar-refractivity contribution in [2.45, 2.75) is 78.3 Å². The van der Waals surface area contributed by atoms with Crippen molar-refractivity contribution in [2.75, 3.05) is 13.9 Å². The van der Waals surface area contributed by atoms with E-state index < -0.39 is 8.32 Å². The van der Waals surface area contributed by atoms with E-state index in [4.69, 9.17) is 13.9 Å². The van der Waals surface area contributed by atoms with Crippen LogP contribution in [0.4, 0.5) is 0 Å². The van der Waals surface area contributed by atoms with Crippen LogP contribution in [-0.4, -0.2) is 40.7 Å². The molecule has 0 aliphatic heterocycles. The minimum Gasteiger partial charge on any atom is -0.413 e. The summed E-state index contributed by atoms with van der Waals surface area (Å²) >= 11 is 0. The summed E-state index contributed by atoms with van der Waals surface area (Å²) in [7, 11) is -0.184. The minimum absolute atomic E-state index is 0.149. The lowest BCUT2D eigenvalue weighted by Gasteiger charge is -2.43. The van der Waals surface area contributed by atoms with Gasteiger partial charge in [0.1, 0.15) is 13.1 Å². The first-order valence-electron chi connectivity index (χ1n) is 8.72. The summed E-state index contributed by atoms with van der Waals surface area (Å²) in [4.78, 5) is 11.3. The zero-order valence-corrected chi connectivity index (χ0v) is 17.1. The van der Waals surface area contributed by atoms with Crippen molar-refractivity contribution in [1.82, 2.24) is 0 Å². The summed E-state index contributed by atoms with van der Waals surface area (Å²) in [6.07, 6.45) is 5.05. The number of hydrogen-bond acceptors (Lipinski definition) is 4. The molecule has 0 radical (unpaired) electrons. The van der Waals surface area contributed by atoms with Crippen LogP contribution in [0.3, 0.4) is 0 Å². The summed E-state index contributed by atoms with van der Waals surface area (Å²) in [5, 5.41) is 0. The van der Waals surface area contributed by atoms with Crippen LogP contribution in [0.1, 0.15) is 48.0 Å². The van der Waals surface area contributed by atoms with Gasteiger partial charge in [-0.2, -0.15) is 0 Å². The highest BCUT2D eigenvalue weighted by Crippen LogP contribution is 2.36. The van der Waals surface area contributed by atoms with E-state index >= 15 is 0 Å². The summed E-state index contributed by atoms with van der Waals surface area (Å²) < 4.78 is 17.6. The number of hydrogen-bond donors (Lipinski definition) is 0. The molecule has 0 N–H and O–H groups in total. The number of ether oxygens (including phenoxy) is 2. The summed E-state index contributed by atoms with van der Waals surface area (Å²) in [5.41, 5.74) is -0.316. The zero-order chi connectivity index (χ0) is 17.9. The van der Waals surface area contributed by atoms with Crippen molar-refractivity contribution < 1.29 is 18.7 Å². The molecule has 2 atom stereocenters. The third kappa shape index (κ3) is 6.49. The van der Waals surface area contributed by atoms with Crippen LogP contribution in [0.15, 0.2) is 12.2 Å². The highest BCUT2D eigenvalue weighted by molar-refractivity contribution is 6.73. The molecule has 0 unspecified atom stereocenters. The van der Waals surface area contributed by atoms with Gasteiger partial charge in [0.25, 0.3) is 0 Å². The summed E-state index contributed by atoms with van der Waals surface area (Å²) in [6.45, 7) is 13.0. The van der Waals surface area contributed by atoms with Gasteiger partial charge in [0.15, 0.2) is 8.32 Å². The van der Waals surface area contributed by atoms with Crippen LogP contribution >= 0.6 is 0 Å². The van der Waals surface area contributed by atoms with E-state index in [2.05, 4.69) is 34.6 Å². The molecular formula is C18H36O4Si. The van der Waals surface area contributed by atoms with Gasteiger partial charge in [0, 0.05) is 18.9 Å². The first-order chi connectivity index (χ1) is 10.9. The molecule has 5 heteroatoms. The average Bonchev–Trinajstić information content (AvgIpc) is 2.55. The Morgan fingerprint density at radius 1 is 1.13 bits per heavy atom. The second-order valence-electron chi connectivity index (χ2n) is 6.59. The third-order valence-electron chi connectivity index (χ3n) is 4.93. The maximum Gasteiger partial charge on any atom is 0.192 e. The Kier molecular flexibility index (Phi) is 10.9. The number of methoxy groups -OCH3 is 1. The zero-order valence-electron chi connectivity index (χ0n) is 16.1. The van der Waals surface area contributed by atoms with Crippen LogP contribution in [-0.2, 0) is 18.7 Å². The Hall–Kier alpha value is -0.493. The quantitative estimate of drug-likeness (QED) is 0.213. The van der Waals surface area contributed by atoms with Crippen molar-refractivity contribution in [3.8, 4) is 0 Å². The Morgan fingerprint density at radius 2 is 1.70 bits per heavy atom. The summed E-state index contributed by atoms with van der Waals surface area (Å²) in [6, 6.07) is 3.20. The first kappa shape index (κ1) is 22.5. The Labute approximate surface area is 143 Å². The molecule has 0 aromatic heterocycles. The van der Waals surface area contributed by atoms with Gasteiger partial charge in [0.2, 0.25) is 0 Å². The van der Waals surface area contributed by atoms with Gasteiger partial charge in [-0.05, 0) is 25.1 Å². The molecule has 0 bridgehead atoms. The van der Waals surface area contributed by atoms with Gasteiger partial charge in [-0.15, -0.1) is 0 Å². The Balaban J connectivity index is 5.46. The Bertz CT molecular complexity index is 343. The van der Waals surface area contributed by atoms with Gasteiger partial charge < -0.3 is 18.7 Å². The van der Waals surface area contributed by atoms with Crippen LogP contribution in [0, 0.1) is 5.41 Å². The van der Waals surface area contributed by atoms with Gasteiger partial charge in [0.05, 0.1) is 12.2 Å². The number of allylic oxidation sites excluding steroid dienone is 1. The normalized spacial score (nSPS) is 15.8.